The lowest BCUT2D eigenvalue weighted by Crippen LogP contribution is -2.11. The zero-order valence-electron chi connectivity index (χ0n) is 9.24. The van der Waals surface area contributed by atoms with Crippen molar-refractivity contribution in [2.24, 2.45) is 5.73 Å². The summed E-state index contributed by atoms with van der Waals surface area (Å²) in [5, 5.41) is 3.75. The second-order valence-corrected chi connectivity index (χ2v) is 6.57. The Morgan fingerprint density at radius 2 is 2.17 bits per heavy atom. The predicted molar refractivity (Wildman–Crippen MR) is 79.3 cm³/mol. The van der Waals surface area contributed by atoms with Crippen molar-refractivity contribution in [3.8, 4) is 0 Å². The Bertz CT molecular complexity index is 585. The van der Waals surface area contributed by atoms with Crippen LogP contribution >= 0.6 is 38.9 Å². The van der Waals surface area contributed by atoms with Gasteiger partial charge in [-0.1, -0.05) is 11.6 Å². The summed E-state index contributed by atoms with van der Waals surface area (Å²) in [5.41, 5.74) is 6.37. The average molecular weight is 346 g/mol. The van der Waals surface area contributed by atoms with Crippen LogP contribution in [0.2, 0.25) is 5.02 Å². The van der Waals surface area contributed by atoms with Gasteiger partial charge in [0.05, 0.1) is 14.5 Å². The number of anilines is 1. The summed E-state index contributed by atoms with van der Waals surface area (Å²) in [4.78, 5) is 12.3. The van der Waals surface area contributed by atoms with Gasteiger partial charge >= 0.3 is 0 Å². The Morgan fingerprint density at radius 3 is 2.78 bits per heavy atom. The van der Waals surface area contributed by atoms with Gasteiger partial charge in [0.15, 0.2) is 0 Å². The van der Waals surface area contributed by atoms with E-state index in [-0.39, 0.29) is 0 Å². The molecule has 94 valence electrons. The number of amides is 1. The molecule has 1 heterocycles. The minimum atomic E-state index is -0.464. The first-order chi connectivity index (χ1) is 8.56. The minimum absolute atomic E-state index is 0.439. The molecule has 2 aromatic rings. The number of benzene rings is 1. The second kappa shape index (κ2) is 5.73. The largest absolute Gasteiger partial charge is 0.379 e. The summed E-state index contributed by atoms with van der Waals surface area (Å²) in [6.07, 6.45) is 0. The lowest BCUT2D eigenvalue weighted by Gasteiger charge is -2.08. The van der Waals surface area contributed by atoms with E-state index in [0.717, 1.165) is 3.79 Å². The first-order valence-corrected chi connectivity index (χ1v) is 7.12. The van der Waals surface area contributed by atoms with Crippen molar-refractivity contribution >= 4 is 50.5 Å². The maximum atomic E-state index is 11.1. The highest BCUT2D eigenvalue weighted by Crippen LogP contribution is 2.26. The summed E-state index contributed by atoms with van der Waals surface area (Å²) in [7, 11) is 0. The van der Waals surface area contributed by atoms with Gasteiger partial charge in [0.1, 0.15) is 0 Å². The van der Waals surface area contributed by atoms with Crippen molar-refractivity contribution in [1.29, 1.82) is 0 Å². The number of halogens is 2. The fourth-order valence-corrected chi connectivity index (χ4v) is 3.05. The quantitative estimate of drug-likeness (QED) is 0.883. The van der Waals surface area contributed by atoms with Gasteiger partial charge in [-0.05, 0) is 46.3 Å². The van der Waals surface area contributed by atoms with Gasteiger partial charge in [0, 0.05) is 17.0 Å². The van der Waals surface area contributed by atoms with Crippen LogP contribution in [0, 0.1) is 0 Å². The van der Waals surface area contributed by atoms with Gasteiger partial charge in [0.2, 0.25) is 5.91 Å². The number of hydrogen-bond acceptors (Lipinski definition) is 3. The molecule has 0 bridgehead atoms. The average Bonchev–Trinajstić information content (AvgIpc) is 2.74. The molecule has 18 heavy (non-hydrogen) atoms. The number of nitrogens with one attached hydrogen (secondary N) is 1. The molecule has 0 atom stereocenters. The van der Waals surface area contributed by atoms with Crippen LogP contribution in [0.15, 0.2) is 34.1 Å². The molecule has 0 radical (unpaired) electrons. The fourth-order valence-electron chi connectivity index (χ4n) is 1.44. The van der Waals surface area contributed by atoms with Gasteiger partial charge in [-0.25, -0.2) is 0 Å². The van der Waals surface area contributed by atoms with E-state index in [1.54, 1.807) is 29.5 Å². The Morgan fingerprint density at radius 1 is 1.39 bits per heavy atom. The molecule has 0 saturated carbocycles. The molecule has 2 rings (SSSR count). The van der Waals surface area contributed by atoms with Crippen LogP contribution in [-0.4, -0.2) is 5.91 Å². The number of thiophene rings is 1. The number of carbonyl (C=O) groups excluding carboxylic acids is 1. The number of hydrogen-bond donors (Lipinski definition) is 2. The normalized spacial score (nSPS) is 10.3. The van der Waals surface area contributed by atoms with E-state index in [1.807, 2.05) is 12.1 Å². The van der Waals surface area contributed by atoms with Crippen molar-refractivity contribution in [3.05, 3.63) is 49.6 Å². The van der Waals surface area contributed by atoms with E-state index >= 15 is 0 Å². The molecule has 0 saturated heterocycles. The van der Waals surface area contributed by atoms with Crippen molar-refractivity contribution in [2.45, 2.75) is 6.54 Å². The molecule has 0 unspecified atom stereocenters. The molecule has 1 aromatic heterocycles. The lowest BCUT2D eigenvalue weighted by atomic mass is 10.2. The number of nitrogens with two attached hydrogens (primary N) is 1. The van der Waals surface area contributed by atoms with Crippen LogP contribution in [-0.2, 0) is 6.54 Å². The highest BCUT2D eigenvalue weighted by atomic mass is 79.9. The highest BCUT2D eigenvalue weighted by Gasteiger charge is 2.06. The Kier molecular flexibility index (Phi) is 4.27. The van der Waals surface area contributed by atoms with Crippen LogP contribution < -0.4 is 11.1 Å². The molecule has 1 amide bonds. The molecule has 3 N–H and O–H groups in total. The zero-order chi connectivity index (χ0) is 13.1. The Balaban J connectivity index is 2.13. The van der Waals surface area contributed by atoms with Crippen LogP contribution in [0.4, 0.5) is 5.69 Å². The van der Waals surface area contributed by atoms with E-state index in [4.69, 9.17) is 17.3 Å². The first kappa shape index (κ1) is 13.4. The van der Waals surface area contributed by atoms with Crippen LogP contribution in [0.1, 0.15) is 15.2 Å². The zero-order valence-corrected chi connectivity index (χ0v) is 12.4. The van der Waals surface area contributed by atoms with E-state index < -0.39 is 5.91 Å². The molecule has 0 aliphatic heterocycles. The van der Waals surface area contributed by atoms with Crippen LogP contribution in [0.5, 0.6) is 0 Å². The number of rotatable bonds is 4. The molecule has 0 spiro atoms. The molecular formula is C12H10BrClN2OS. The predicted octanol–water partition coefficient (Wildman–Crippen LogP) is 3.88. The third-order valence-electron chi connectivity index (χ3n) is 2.33. The maximum Gasteiger partial charge on any atom is 0.248 e. The van der Waals surface area contributed by atoms with Crippen LogP contribution in [0.25, 0.3) is 0 Å². The summed E-state index contributed by atoms with van der Waals surface area (Å²) >= 11 is 11.1. The molecule has 0 aliphatic rings. The van der Waals surface area contributed by atoms with Crippen molar-refractivity contribution in [1.82, 2.24) is 0 Å². The van der Waals surface area contributed by atoms with Crippen molar-refractivity contribution in [3.63, 3.8) is 0 Å². The minimum Gasteiger partial charge on any atom is -0.379 e. The SMILES string of the molecule is NC(=O)c1ccc(Cl)c(NCc2ccc(Br)s2)c1. The second-order valence-electron chi connectivity index (χ2n) is 3.62. The van der Waals surface area contributed by atoms with Crippen molar-refractivity contribution < 1.29 is 4.79 Å². The van der Waals surface area contributed by atoms with Gasteiger partial charge in [0.25, 0.3) is 0 Å². The highest BCUT2D eigenvalue weighted by molar-refractivity contribution is 9.11. The summed E-state index contributed by atoms with van der Waals surface area (Å²) in [5.74, 6) is -0.464. The van der Waals surface area contributed by atoms with Gasteiger partial charge in [-0.15, -0.1) is 11.3 Å². The topological polar surface area (TPSA) is 55.1 Å². The summed E-state index contributed by atoms with van der Waals surface area (Å²) < 4.78 is 1.08. The maximum absolute atomic E-state index is 11.1. The summed E-state index contributed by atoms with van der Waals surface area (Å²) in [6.45, 7) is 0.651. The van der Waals surface area contributed by atoms with Gasteiger partial charge in [-0.3, -0.25) is 4.79 Å². The Labute approximate surface area is 122 Å². The van der Waals surface area contributed by atoms with Gasteiger partial charge < -0.3 is 11.1 Å². The third-order valence-corrected chi connectivity index (χ3v) is 4.29. The lowest BCUT2D eigenvalue weighted by molar-refractivity contribution is 0.100. The summed E-state index contributed by atoms with van der Waals surface area (Å²) in [6, 6.07) is 8.94. The van der Waals surface area contributed by atoms with E-state index in [0.29, 0.717) is 22.8 Å². The third kappa shape index (κ3) is 3.25. The molecule has 6 heteroatoms. The van der Waals surface area contributed by atoms with E-state index in [1.165, 1.54) is 4.88 Å². The molecular weight excluding hydrogens is 336 g/mol. The molecule has 0 fully saturated rings. The number of carbonyl (C=O) groups is 1. The molecule has 3 nitrogen and oxygen atoms in total. The standard InChI is InChI=1S/C12H10BrClN2OS/c13-11-4-2-8(18-11)6-16-10-5-7(12(15)17)1-3-9(10)14/h1-5,16H,6H2,(H2,15,17). The van der Waals surface area contributed by atoms with Gasteiger partial charge in [-0.2, -0.15) is 0 Å². The Hall–Kier alpha value is -1.04. The molecule has 0 aliphatic carbocycles. The molecule has 1 aromatic carbocycles. The number of primary amides is 1. The van der Waals surface area contributed by atoms with E-state index in [9.17, 15) is 4.79 Å². The fraction of sp³-hybridized carbons (Fsp3) is 0.0833. The smallest absolute Gasteiger partial charge is 0.248 e. The van der Waals surface area contributed by atoms with Crippen molar-refractivity contribution in [2.75, 3.05) is 5.32 Å². The van der Waals surface area contributed by atoms with Crippen LogP contribution in [0.3, 0.4) is 0 Å². The monoisotopic (exact) mass is 344 g/mol. The first-order valence-electron chi connectivity index (χ1n) is 5.13. The van der Waals surface area contributed by atoms with E-state index in [2.05, 4.69) is 21.2 Å².